The number of fused-ring (bicyclic) bond motifs is 1. The number of nitrogens with one attached hydrogen (secondary N) is 2. The van der Waals surface area contributed by atoms with Gasteiger partial charge in [-0.2, -0.15) is 0 Å². The number of H-pyrrole nitrogens is 1. The van der Waals surface area contributed by atoms with Gasteiger partial charge in [-0.25, -0.2) is 5.09 Å². The summed E-state index contributed by atoms with van der Waals surface area (Å²) in [6.45, 7) is 5.45. The van der Waals surface area contributed by atoms with Crippen LogP contribution < -0.4 is 5.09 Å². The van der Waals surface area contributed by atoms with Gasteiger partial charge in [-0.15, -0.1) is 0 Å². The lowest BCUT2D eigenvalue weighted by Crippen LogP contribution is -2.28. The third-order valence-corrected chi connectivity index (χ3v) is 5.52. The van der Waals surface area contributed by atoms with Crippen LogP contribution in [0.25, 0.3) is 10.9 Å². The summed E-state index contributed by atoms with van der Waals surface area (Å²) in [5, 5.41) is 4.03. The van der Waals surface area contributed by atoms with Crippen molar-refractivity contribution >= 4 is 18.4 Å². The molecule has 104 valence electrons. The van der Waals surface area contributed by atoms with Crippen molar-refractivity contribution in [1.82, 2.24) is 10.1 Å². The summed E-state index contributed by atoms with van der Waals surface area (Å²) >= 11 is 0. The summed E-state index contributed by atoms with van der Waals surface area (Å²) in [7, 11) is -3.26. The van der Waals surface area contributed by atoms with Crippen LogP contribution in [0.2, 0.25) is 0 Å². The summed E-state index contributed by atoms with van der Waals surface area (Å²) in [6, 6.07) is 8.04. The van der Waals surface area contributed by atoms with Crippen molar-refractivity contribution in [2.45, 2.75) is 38.9 Å². The van der Waals surface area contributed by atoms with Crippen molar-refractivity contribution in [3.63, 3.8) is 0 Å². The fourth-order valence-electron chi connectivity index (χ4n) is 2.14. The van der Waals surface area contributed by atoms with Gasteiger partial charge in [0, 0.05) is 28.8 Å². The number of benzene rings is 1. The Hall–Kier alpha value is -1.09. The molecule has 19 heavy (non-hydrogen) atoms. The monoisotopic (exact) mass is 280 g/mol. The lowest BCUT2D eigenvalue weighted by Gasteiger charge is -2.21. The Morgan fingerprint density at radius 2 is 2.00 bits per heavy atom. The van der Waals surface area contributed by atoms with E-state index in [1.807, 2.05) is 31.3 Å². The zero-order chi connectivity index (χ0) is 14.0. The molecule has 2 rings (SSSR count). The van der Waals surface area contributed by atoms with Crippen LogP contribution in [0.1, 0.15) is 26.3 Å². The maximum atomic E-state index is 12.0. The van der Waals surface area contributed by atoms with Crippen molar-refractivity contribution in [2.75, 3.05) is 0 Å². The van der Waals surface area contributed by atoms with Crippen LogP contribution in [0.5, 0.6) is 0 Å². The first-order chi connectivity index (χ1) is 8.90. The van der Waals surface area contributed by atoms with E-state index in [-0.39, 0.29) is 11.7 Å². The van der Waals surface area contributed by atoms with Crippen LogP contribution >= 0.6 is 7.52 Å². The summed E-state index contributed by atoms with van der Waals surface area (Å²) in [5.74, 6) is 0. The molecule has 1 aromatic carbocycles. The average Bonchev–Trinajstić information content (AvgIpc) is 2.72. The second-order valence-electron chi connectivity index (χ2n) is 5.31. The van der Waals surface area contributed by atoms with Crippen molar-refractivity contribution in [3.05, 3.63) is 36.0 Å². The highest BCUT2D eigenvalue weighted by Gasteiger charge is 2.25. The predicted octanol–water partition coefficient (Wildman–Crippen LogP) is 3.28. The van der Waals surface area contributed by atoms with Crippen molar-refractivity contribution in [3.8, 4) is 0 Å². The Balaban J connectivity index is 2.11. The van der Waals surface area contributed by atoms with Crippen LogP contribution in [0.4, 0.5) is 0 Å². The third kappa shape index (κ3) is 3.27. The fourth-order valence-corrected chi connectivity index (χ4v) is 3.16. The Kier molecular flexibility index (Phi) is 4.14. The third-order valence-electron chi connectivity index (χ3n) is 3.31. The Morgan fingerprint density at radius 3 is 2.68 bits per heavy atom. The molecule has 0 aliphatic heterocycles. The van der Waals surface area contributed by atoms with Crippen LogP contribution in [-0.4, -0.2) is 21.6 Å². The van der Waals surface area contributed by atoms with Crippen molar-refractivity contribution < 1.29 is 9.46 Å². The minimum Gasteiger partial charge on any atom is -0.361 e. The van der Waals surface area contributed by atoms with Gasteiger partial charge in [0.25, 0.3) is 7.52 Å². The second kappa shape index (κ2) is 5.49. The van der Waals surface area contributed by atoms with E-state index in [9.17, 15) is 9.46 Å². The minimum atomic E-state index is -3.26. The van der Waals surface area contributed by atoms with E-state index in [1.165, 1.54) is 10.9 Å². The van der Waals surface area contributed by atoms with Gasteiger partial charge in [0.15, 0.2) is 0 Å². The molecule has 2 atom stereocenters. The summed E-state index contributed by atoms with van der Waals surface area (Å²) in [6.07, 6.45) is 2.70. The zero-order valence-corrected chi connectivity index (χ0v) is 12.4. The molecule has 3 N–H and O–H groups in total. The van der Waals surface area contributed by atoms with Gasteiger partial charge in [-0.3, -0.25) is 4.57 Å². The number of hydrogen-bond acceptors (Lipinski definition) is 1. The fraction of sp³-hybridized carbons (Fsp3) is 0.429. The molecule has 5 heteroatoms. The molecule has 1 aromatic heterocycles. The van der Waals surface area contributed by atoms with E-state index >= 15 is 0 Å². The Morgan fingerprint density at radius 1 is 1.32 bits per heavy atom. The summed E-state index contributed by atoms with van der Waals surface area (Å²) in [5.41, 5.74) is 2.00. The molecule has 2 unspecified atom stereocenters. The van der Waals surface area contributed by atoms with Crippen molar-refractivity contribution in [1.29, 1.82) is 0 Å². The number of aromatic amines is 1. The van der Waals surface area contributed by atoms with Crippen LogP contribution in [-0.2, 0) is 11.0 Å². The second-order valence-corrected chi connectivity index (χ2v) is 7.85. The summed E-state index contributed by atoms with van der Waals surface area (Å²) < 4.78 is 12.0. The normalized spacial score (nSPS) is 16.7. The number of aromatic nitrogens is 1. The van der Waals surface area contributed by atoms with E-state index < -0.39 is 7.52 Å². The molecule has 0 amide bonds. The van der Waals surface area contributed by atoms with Crippen molar-refractivity contribution in [2.24, 2.45) is 0 Å². The lowest BCUT2D eigenvalue weighted by atomic mass is 10.1. The predicted molar refractivity (Wildman–Crippen MR) is 79.6 cm³/mol. The number of rotatable bonds is 5. The van der Waals surface area contributed by atoms with Crippen LogP contribution in [0, 0.1) is 0 Å². The Labute approximate surface area is 113 Å². The first-order valence-electron chi connectivity index (χ1n) is 6.55. The molecule has 0 saturated carbocycles. The highest BCUT2D eigenvalue weighted by Crippen LogP contribution is 2.41. The zero-order valence-electron chi connectivity index (χ0n) is 11.6. The lowest BCUT2D eigenvalue weighted by molar-refractivity contribution is 0.441. The van der Waals surface area contributed by atoms with Gasteiger partial charge in [0.05, 0.1) is 0 Å². The molecular weight excluding hydrogens is 259 g/mol. The van der Waals surface area contributed by atoms with Gasteiger partial charge < -0.3 is 9.88 Å². The molecule has 0 aliphatic rings. The summed E-state index contributed by atoms with van der Waals surface area (Å²) in [4.78, 5) is 13.1. The first kappa shape index (κ1) is 14.3. The molecule has 0 bridgehead atoms. The molecule has 0 fully saturated rings. The molecule has 1 heterocycles. The van der Waals surface area contributed by atoms with E-state index in [2.05, 4.69) is 16.1 Å². The maximum absolute atomic E-state index is 12.0. The molecule has 4 nitrogen and oxygen atoms in total. The van der Waals surface area contributed by atoms with E-state index in [0.29, 0.717) is 0 Å². The molecule has 0 aliphatic carbocycles. The first-order valence-corrected chi connectivity index (χ1v) is 8.28. The minimum absolute atomic E-state index is 0.0440. The molecular formula is C14H21N2O2P. The highest BCUT2D eigenvalue weighted by atomic mass is 31.2. The number of hydrogen-bond donors (Lipinski definition) is 3. The molecule has 2 aromatic rings. The quantitative estimate of drug-likeness (QED) is 0.736. The SMILES string of the molecule is CC(Cc1c[nH]c2ccccc12)NP(=O)(O)C(C)C. The van der Waals surface area contributed by atoms with Crippen LogP contribution in [0.3, 0.4) is 0 Å². The van der Waals surface area contributed by atoms with E-state index in [1.54, 1.807) is 13.8 Å². The van der Waals surface area contributed by atoms with Gasteiger partial charge in [0.1, 0.15) is 0 Å². The van der Waals surface area contributed by atoms with Gasteiger partial charge in [0.2, 0.25) is 0 Å². The van der Waals surface area contributed by atoms with Gasteiger partial charge in [-0.1, -0.05) is 32.0 Å². The smallest absolute Gasteiger partial charge is 0.269 e. The largest absolute Gasteiger partial charge is 0.361 e. The van der Waals surface area contributed by atoms with Gasteiger partial charge in [-0.05, 0) is 25.0 Å². The van der Waals surface area contributed by atoms with E-state index in [0.717, 1.165) is 11.9 Å². The topological polar surface area (TPSA) is 65.1 Å². The number of para-hydroxylation sites is 1. The standard InChI is InChI=1S/C14H21N2O2P/c1-10(2)19(17,18)16-11(3)8-12-9-15-14-7-5-4-6-13(12)14/h4-7,9-11,15H,8H2,1-3H3,(H2,16,17,18). The van der Waals surface area contributed by atoms with Gasteiger partial charge >= 0.3 is 0 Å². The average molecular weight is 280 g/mol. The maximum Gasteiger partial charge on any atom is 0.269 e. The molecule has 0 spiro atoms. The van der Waals surface area contributed by atoms with E-state index in [4.69, 9.17) is 0 Å². The Bertz CT molecular complexity index is 606. The molecule has 0 saturated heterocycles. The highest BCUT2D eigenvalue weighted by molar-refractivity contribution is 7.56. The van der Waals surface area contributed by atoms with Crippen LogP contribution in [0.15, 0.2) is 30.5 Å². The molecule has 0 radical (unpaired) electrons.